The minimum atomic E-state index is -0.447. The fraction of sp³-hybridized carbons (Fsp3) is 0.531. The number of rotatable bonds is 11. The highest BCUT2D eigenvalue weighted by atomic mass is 32.2. The highest BCUT2D eigenvalue weighted by molar-refractivity contribution is 8.22. The molecule has 7 heteroatoms. The Morgan fingerprint density at radius 2 is 1.33 bits per heavy atom. The van der Waals surface area contributed by atoms with E-state index in [-0.39, 0.29) is 5.69 Å². The van der Waals surface area contributed by atoms with Crippen LogP contribution in [0.25, 0.3) is 0 Å². The van der Waals surface area contributed by atoms with Gasteiger partial charge in [0, 0.05) is 29.2 Å². The second kappa shape index (κ2) is 30.2. The quantitative estimate of drug-likeness (QED) is 0.114. The van der Waals surface area contributed by atoms with E-state index < -0.39 is 4.92 Å². The van der Waals surface area contributed by atoms with E-state index in [1.165, 1.54) is 66.9 Å². The first kappa shape index (κ1) is 41.1. The molecule has 5 nitrogen and oxygen atoms in total. The number of hydrogen-bond donors (Lipinski definition) is 0. The first-order valence-corrected chi connectivity index (χ1v) is 15.8. The number of non-ortho nitro benzene ring substituents is 1. The molecule has 0 aliphatic carbocycles. The molecule has 0 aliphatic rings. The lowest BCUT2D eigenvalue weighted by atomic mass is 10.2. The van der Waals surface area contributed by atoms with Crippen LogP contribution in [0.5, 0.6) is 0 Å². The fourth-order valence-electron chi connectivity index (χ4n) is 2.08. The molecule has 0 bridgehead atoms. The number of nitrogens with zero attached hydrogens (tertiary/aromatic N) is 1. The first-order valence-electron chi connectivity index (χ1n) is 14.0. The first-order chi connectivity index (χ1) is 18.7. The molecule has 0 saturated carbocycles. The smallest absolute Gasteiger partial charge is 0.269 e. The van der Waals surface area contributed by atoms with Crippen molar-refractivity contribution in [2.75, 3.05) is 0 Å². The molecule has 0 atom stereocenters. The number of aryl methyl sites for hydroxylation is 1. The van der Waals surface area contributed by atoms with E-state index >= 15 is 0 Å². The Labute approximate surface area is 246 Å². The summed E-state index contributed by atoms with van der Waals surface area (Å²) in [7, 11) is 0. The van der Waals surface area contributed by atoms with Crippen LogP contribution in [0.1, 0.15) is 111 Å². The predicted molar refractivity (Wildman–Crippen MR) is 173 cm³/mol. The van der Waals surface area contributed by atoms with Crippen LogP contribution in [-0.4, -0.2) is 16.6 Å². The molecule has 2 rings (SSSR count). The second-order valence-electron chi connectivity index (χ2n) is 8.32. The van der Waals surface area contributed by atoms with E-state index in [0.717, 1.165) is 29.7 Å². The van der Waals surface area contributed by atoms with E-state index in [1.54, 1.807) is 19.1 Å². The van der Waals surface area contributed by atoms with Crippen LogP contribution in [0, 0.1) is 17.0 Å². The fourth-order valence-corrected chi connectivity index (χ4v) is 3.86. The summed E-state index contributed by atoms with van der Waals surface area (Å²) in [4.78, 5) is 32.2. The van der Waals surface area contributed by atoms with Gasteiger partial charge in [-0.2, -0.15) is 0 Å². The van der Waals surface area contributed by atoms with Crippen molar-refractivity contribution < 1.29 is 14.5 Å². The number of benzene rings is 2. The molecule has 0 fully saturated rings. The van der Waals surface area contributed by atoms with Crippen molar-refractivity contribution in [3.8, 4) is 0 Å². The van der Waals surface area contributed by atoms with Crippen molar-refractivity contribution in [3.05, 3.63) is 74.0 Å². The van der Waals surface area contributed by atoms with Crippen LogP contribution in [0.3, 0.4) is 0 Å². The Bertz CT molecular complexity index is 899. The summed E-state index contributed by atoms with van der Waals surface area (Å²) in [6, 6.07) is 14.2. The molecule has 0 amide bonds. The van der Waals surface area contributed by atoms with Gasteiger partial charge in [-0.3, -0.25) is 10.1 Å². The van der Waals surface area contributed by atoms with Gasteiger partial charge in [0.2, 0.25) is 0 Å². The molecular formula is C32H51NO4S2. The molecular weight excluding hydrogens is 526 g/mol. The number of carbonyl (C=O) groups is 1. The third-order valence-corrected chi connectivity index (χ3v) is 6.92. The molecule has 0 saturated heterocycles. The van der Waals surface area contributed by atoms with Gasteiger partial charge in [0.25, 0.3) is 5.69 Å². The Hall–Kier alpha value is -2.34. The summed E-state index contributed by atoms with van der Waals surface area (Å²) >= 11 is 2.67. The van der Waals surface area contributed by atoms with Crippen molar-refractivity contribution in [1.29, 1.82) is 0 Å². The van der Waals surface area contributed by atoms with E-state index in [2.05, 4.69) is 34.6 Å². The summed E-state index contributed by atoms with van der Waals surface area (Å²) in [6.07, 6.45) is 8.21. The summed E-state index contributed by atoms with van der Waals surface area (Å²) in [6.45, 7) is 18.5. The number of nitro groups is 1. The maximum Gasteiger partial charge on any atom is 0.269 e. The molecule has 2 aromatic rings. The lowest BCUT2D eigenvalue weighted by Crippen LogP contribution is -1.86. The van der Waals surface area contributed by atoms with Crippen molar-refractivity contribution in [2.45, 2.75) is 118 Å². The Kier molecular flexibility index (Phi) is 31.9. The summed E-state index contributed by atoms with van der Waals surface area (Å²) in [5.41, 5.74) is 2.36. The summed E-state index contributed by atoms with van der Waals surface area (Å²) in [5.74, 6) is 2.92. The third kappa shape index (κ3) is 27.0. The van der Waals surface area contributed by atoms with E-state index in [9.17, 15) is 19.7 Å². The van der Waals surface area contributed by atoms with E-state index in [0.29, 0.717) is 15.8 Å². The van der Waals surface area contributed by atoms with Crippen molar-refractivity contribution >= 4 is 40.9 Å². The lowest BCUT2D eigenvalue weighted by Gasteiger charge is -2.04. The van der Waals surface area contributed by atoms with E-state index in [4.69, 9.17) is 0 Å². The average molecular weight is 578 g/mol. The summed E-state index contributed by atoms with van der Waals surface area (Å²) in [5, 5.41) is 10.6. The van der Waals surface area contributed by atoms with Gasteiger partial charge < -0.3 is 4.79 Å². The number of ketones is 1. The molecule has 39 heavy (non-hydrogen) atoms. The van der Waals surface area contributed by atoms with Gasteiger partial charge in [-0.05, 0) is 38.0 Å². The SMILES string of the molecule is CC.CCCC.CCCC.CCCCC(C)=O.Cc1ccc(CSC(=C=O)Sc2ccc([N+](=O)[O-])cc2)cc1. The minimum Gasteiger partial charge on any atom is -0.300 e. The lowest BCUT2D eigenvalue weighted by molar-refractivity contribution is -0.384. The molecule has 0 heterocycles. The molecule has 220 valence electrons. The zero-order chi connectivity index (χ0) is 30.5. The highest BCUT2D eigenvalue weighted by Crippen LogP contribution is 2.35. The maximum absolute atomic E-state index is 11.0. The molecule has 0 aliphatic heterocycles. The van der Waals surface area contributed by atoms with Crippen molar-refractivity contribution in [2.24, 2.45) is 0 Å². The topological polar surface area (TPSA) is 77.3 Å². The number of thioether (sulfide) groups is 2. The Morgan fingerprint density at radius 1 is 0.846 bits per heavy atom. The third-order valence-electron chi connectivity index (χ3n) is 4.71. The molecule has 0 unspecified atom stereocenters. The number of Topliss-reactive ketones (excluding diaryl/α,β-unsaturated/α-hetero) is 1. The standard InChI is InChI=1S/C16H13NO3S2.C6H12O.2C4H10.C2H6/c1-12-2-4-13(5-3-12)11-21-16(10-18)22-15-8-6-14(7-9-15)17(19)20;1-3-4-5-6(2)7;2*1-3-4-2;1-2/h2-9H,11H2,1H3;3-5H2,1-2H3;2*3-4H2,1-2H3;1-2H3. The van der Waals surface area contributed by atoms with Crippen LogP contribution in [0.2, 0.25) is 0 Å². The average Bonchev–Trinajstić information content (AvgIpc) is 2.96. The molecule has 0 spiro atoms. The number of nitro benzene ring substituents is 1. The molecule has 2 aromatic carbocycles. The monoisotopic (exact) mass is 577 g/mol. The van der Waals surface area contributed by atoms with Gasteiger partial charge in [-0.1, -0.05) is 122 Å². The Morgan fingerprint density at radius 3 is 1.67 bits per heavy atom. The van der Waals surface area contributed by atoms with Crippen LogP contribution in [0.4, 0.5) is 5.69 Å². The van der Waals surface area contributed by atoms with Crippen molar-refractivity contribution in [3.63, 3.8) is 0 Å². The van der Waals surface area contributed by atoms with Crippen LogP contribution < -0.4 is 0 Å². The zero-order valence-corrected chi connectivity index (χ0v) is 27.3. The van der Waals surface area contributed by atoms with E-state index in [1.807, 2.05) is 51.0 Å². The van der Waals surface area contributed by atoms with Crippen LogP contribution >= 0.6 is 23.5 Å². The Balaban J connectivity index is -0.000000626. The van der Waals surface area contributed by atoms with Gasteiger partial charge in [-0.25, -0.2) is 4.79 Å². The molecule has 0 N–H and O–H groups in total. The number of hydrogen-bond acceptors (Lipinski definition) is 6. The predicted octanol–water partition coefficient (Wildman–Crippen LogP) is 11.0. The molecule has 0 radical (unpaired) electrons. The summed E-state index contributed by atoms with van der Waals surface area (Å²) < 4.78 is 0.509. The minimum absolute atomic E-state index is 0.0355. The van der Waals surface area contributed by atoms with Gasteiger partial charge >= 0.3 is 0 Å². The van der Waals surface area contributed by atoms with Gasteiger partial charge in [-0.15, -0.1) is 11.8 Å². The second-order valence-corrected chi connectivity index (χ2v) is 10.7. The van der Waals surface area contributed by atoms with Crippen molar-refractivity contribution in [1.82, 2.24) is 0 Å². The van der Waals surface area contributed by atoms with Gasteiger partial charge in [0.05, 0.1) is 4.92 Å². The normalized spacial score (nSPS) is 8.95. The number of carbonyl (C=O) groups excluding carboxylic acids is 2. The number of unbranched alkanes of at least 4 members (excludes halogenated alkanes) is 3. The molecule has 0 aromatic heterocycles. The largest absolute Gasteiger partial charge is 0.300 e. The zero-order valence-electron chi connectivity index (χ0n) is 25.7. The van der Waals surface area contributed by atoms with Gasteiger partial charge in [0.1, 0.15) is 16.0 Å². The van der Waals surface area contributed by atoms with Crippen LogP contribution in [-0.2, 0) is 15.3 Å². The van der Waals surface area contributed by atoms with Crippen LogP contribution in [0.15, 0.2) is 57.7 Å². The maximum atomic E-state index is 11.0. The van der Waals surface area contributed by atoms with Gasteiger partial charge in [0.15, 0.2) is 0 Å². The highest BCUT2D eigenvalue weighted by Gasteiger charge is 2.07.